The molecule has 1 saturated heterocycles. The van der Waals surface area contributed by atoms with Gasteiger partial charge in [-0.05, 0) is 38.8 Å². The average molecular weight is 291 g/mol. The van der Waals surface area contributed by atoms with Gasteiger partial charge < -0.3 is 10.1 Å². The lowest BCUT2D eigenvalue weighted by Crippen LogP contribution is -2.53. The molecule has 0 bridgehead atoms. The highest BCUT2D eigenvalue weighted by molar-refractivity contribution is 5.93. The van der Waals surface area contributed by atoms with E-state index in [1.165, 1.54) is 19.3 Å². The SMILES string of the molecule is COc1ccccc1NC(=O)CNN1C(C)CCCC1C. The van der Waals surface area contributed by atoms with Gasteiger partial charge in [0, 0.05) is 12.1 Å². The number of ether oxygens (including phenoxy) is 1. The summed E-state index contributed by atoms with van der Waals surface area (Å²) in [6.45, 7) is 4.66. The van der Waals surface area contributed by atoms with E-state index in [-0.39, 0.29) is 12.5 Å². The van der Waals surface area contributed by atoms with Crippen molar-refractivity contribution in [2.75, 3.05) is 19.0 Å². The zero-order valence-electron chi connectivity index (χ0n) is 13.1. The van der Waals surface area contributed by atoms with Gasteiger partial charge in [-0.1, -0.05) is 18.6 Å². The first-order valence-electron chi connectivity index (χ1n) is 7.56. The minimum atomic E-state index is -0.0653. The van der Waals surface area contributed by atoms with Crippen LogP contribution >= 0.6 is 0 Å². The van der Waals surface area contributed by atoms with Gasteiger partial charge in [0.15, 0.2) is 0 Å². The van der Waals surface area contributed by atoms with Gasteiger partial charge in [0.05, 0.1) is 19.3 Å². The molecule has 0 saturated carbocycles. The van der Waals surface area contributed by atoms with Gasteiger partial charge in [-0.15, -0.1) is 0 Å². The van der Waals surface area contributed by atoms with E-state index in [9.17, 15) is 4.79 Å². The molecule has 0 aliphatic carbocycles. The van der Waals surface area contributed by atoms with Crippen LogP contribution < -0.4 is 15.5 Å². The number of piperidine rings is 1. The van der Waals surface area contributed by atoms with Crippen molar-refractivity contribution in [3.63, 3.8) is 0 Å². The van der Waals surface area contributed by atoms with Crippen molar-refractivity contribution in [1.29, 1.82) is 0 Å². The second-order valence-electron chi connectivity index (χ2n) is 5.62. The van der Waals surface area contributed by atoms with Gasteiger partial charge in [-0.3, -0.25) is 4.79 Å². The minimum Gasteiger partial charge on any atom is -0.495 e. The summed E-state index contributed by atoms with van der Waals surface area (Å²) in [6.07, 6.45) is 3.60. The topological polar surface area (TPSA) is 53.6 Å². The third kappa shape index (κ3) is 4.19. The van der Waals surface area contributed by atoms with E-state index >= 15 is 0 Å². The molecule has 0 aromatic heterocycles. The minimum absolute atomic E-state index is 0.0653. The van der Waals surface area contributed by atoms with E-state index in [0.29, 0.717) is 23.5 Å². The second-order valence-corrected chi connectivity index (χ2v) is 5.62. The summed E-state index contributed by atoms with van der Waals surface area (Å²) in [4.78, 5) is 12.1. The van der Waals surface area contributed by atoms with Gasteiger partial charge in [-0.25, -0.2) is 10.4 Å². The first-order valence-corrected chi connectivity index (χ1v) is 7.56. The fraction of sp³-hybridized carbons (Fsp3) is 0.562. The summed E-state index contributed by atoms with van der Waals surface area (Å²) in [5.74, 6) is 0.607. The number of carbonyl (C=O) groups excluding carboxylic acids is 1. The van der Waals surface area contributed by atoms with Crippen LogP contribution in [0.1, 0.15) is 33.1 Å². The molecule has 5 heteroatoms. The van der Waals surface area contributed by atoms with Crippen LogP contribution in [-0.4, -0.2) is 36.7 Å². The van der Waals surface area contributed by atoms with Gasteiger partial charge in [0.25, 0.3) is 0 Å². The van der Waals surface area contributed by atoms with Crippen molar-refractivity contribution in [3.8, 4) is 5.75 Å². The third-order valence-electron chi connectivity index (χ3n) is 4.00. The quantitative estimate of drug-likeness (QED) is 0.874. The van der Waals surface area contributed by atoms with Crippen LogP contribution in [0.3, 0.4) is 0 Å². The van der Waals surface area contributed by atoms with Crippen LogP contribution in [0.5, 0.6) is 5.75 Å². The zero-order chi connectivity index (χ0) is 15.2. The Morgan fingerprint density at radius 3 is 2.62 bits per heavy atom. The number of benzene rings is 1. The van der Waals surface area contributed by atoms with Crippen molar-refractivity contribution >= 4 is 11.6 Å². The Kier molecular flexibility index (Phi) is 5.59. The number of carbonyl (C=O) groups is 1. The molecule has 1 aliphatic rings. The fourth-order valence-corrected chi connectivity index (χ4v) is 2.84. The number of nitrogens with zero attached hydrogens (tertiary/aromatic N) is 1. The highest BCUT2D eigenvalue weighted by Crippen LogP contribution is 2.23. The summed E-state index contributed by atoms with van der Waals surface area (Å²) < 4.78 is 5.23. The number of hydrogen-bond donors (Lipinski definition) is 2. The Labute approximate surface area is 126 Å². The lowest BCUT2D eigenvalue weighted by Gasteiger charge is -2.38. The molecule has 1 aromatic carbocycles. The molecule has 1 aliphatic heterocycles. The molecule has 1 heterocycles. The Balaban J connectivity index is 1.87. The first-order chi connectivity index (χ1) is 10.1. The molecular weight excluding hydrogens is 266 g/mol. The number of para-hydroxylation sites is 2. The maximum absolute atomic E-state index is 12.1. The standard InChI is InChI=1S/C16H25N3O2/c1-12-7-6-8-13(2)19(12)17-11-16(20)18-14-9-4-5-10-15(14)21-3/h4-5,9-10,12-13,17H,6-8,11H2,1-3H3,(H,18,20). The highest BCUT2D eigenvalue weighted by Gasteiger charge is 2.24. The smallest absolute Gasteiger partial charge is 0.239 e. The molecule has 2 N–H and O–H groups in total. The molecule has 1 fully saturated rings. The summed E-state index contributed by atoms with van der Waals surface area (Å²) in [5.41, 5.74) is 3.96. The molecule has 2 unspecified atom stereocenters. The number of methoxy groups -OCH3 is 1. The lowest BCUT2D eigenvalue weighted by atomic mass is 10.00. The number of hydrogen-bond acceptors (Lipinski definition) is 4. The molecule has 0 spiro atoms. The predicted molar refractivity (Wildman–Crippen MR) is 84.2 cm³/mol. The van der Waals surface area contributed by atoms with Crippen molar-refractivity contribution in [2.24, 2.45) is 0 Å². The lowest BCUT2D eigenvalue weighted by molar-refractivity contribution is -0.117. The maximum Gasteiger partial charge on any atom is 0.239 e. The van der Waals surface area contributed by atoms with Gasteiger partial charge >= 0.3 is 0 Å². The highest BCUT2D eigenvalue weighted by atomic mass is 16.5. The Bertz CT molecular complexity index is 468. The predicted octanol–water partition coefficient (Wildman–Crippen LogP) is 2.40. The number of amides is 1. The van der Waals surface area contributed by atoms with E-state index in [1.54, 1.807) is 7.11 Å². The Hall–Kier alpha value is -1.59. The van der Waals surface area contributed by atoms with Crippen LogP contribution in [0.2, 0.25) is 0 Å². The average Bonchev–Trinajstić information content (AvgIpc) is 2.47. The van der Waals surface area contributed by atoms with Crippen LogP contribution in [0, 0.1) is 0 Å². The van der Waals surface area contributed by atoms with Crippen molar-refractivity contribution in [1.82, 2.24) is 10.4 Å². The van der Waals surface area contributed by atoms with E-state index in [1.807, 2.05) is 24.3 Å². The summed E-state index contributed by atoms with van der Waals surface area (Å²) in [6, 6.07) is 8.35. The van der Waals surface area contributed by atoms with E-state index in [4.69, 9.17) is 4.74 Å². The number of hydrazine groups is 1. The van der Waals surface area contributed by atoms with E-state index in [0.717, 1.165) is 0 Å². The van der Waals surface area contributed by atoms with Crippen molar-refractivity contribution < 1.29 is 9.53 Å². The molecular formula is C16H25N3O2. The molecule has 2 atom stereocenters. The molecule has 1 amide bonds. The maximum atomic E-state index is 12.1. The van der Waals surface area contributed by atoms with Gasteiger partial charge in [-0.2, -0.15) is 0 Å². The monoisotopic (exact) mass is 291 g/mol. The molecule has 21 heavy (non-hydrogen) atoms. The van der Waals surface area contributed by atoms with Crippen molar-refractivity contribution in [3.05, 3.63) is 24.3 Å². The van der Waals surface area contributed by atoms with E-state index < -0.39 is 0 Å². The molecule has 1 aromatic rings. The summed E-state index contributed by atoms with van der Waals surface area (Å²) in [7, 11) is 1.60. The number of rotatable bonds is 5. The zero-order valence-corrected chi connectivity index (χ0v) is 13.1. The third-order valence-corrected chi connectivity index (χ3v) is 4.00. The number of anilines is 1. The van der Waals surface area contributed by atoms with Crippen LogP contribution in [-0.2, 0) is 4.79 Å². The van der Waals surface area contributed by atoms with Crippen LogP contribution in [0.4, 0.5) is 5.69 Å². The van der Waals surface area contributed by atoms with E-state index in [2.05, 4.69) is 29.6 Å². The second kappa shape index (κ2) is 7.43. The summed E-state index contributed by atoms with van der Waals surface area (Å²) >= 11 is 0. The Morgan fingerprint density at radius 2 is 1.95 bits per heavy atom. The van der Waals surface area contributed by atoms with Crippen LogP contribution in [0.15, 0.2) is 24.3 Å². The number of nitrogens with one attached hydrogen (secondary N) is 2. The normalized spacial score (nSPS) is 22.8. The molecule has 0 radical (unpaired) electrons. The molecule has 5 nitrogen and oxygen atoms in total. The molecule has 116 valence electrons. The molecule has 2 rings (SSSR count). The van der Waals surface area contributed by atoms with Crippen molar-refractivity contribution in [2.45, 2.75) is 45.2 Å². The van der Waals surface area contributed by atoms with Gasteiger partial charge in [0.1, 0.15) is 5.75 Å². The first kappa shape index (κ1) is 15.8. The Morgan fingerprint density at radius 1 is 1.29 bits per heavy atom. The summed E-state index contributed by atoms with van der Waals surface area (Å²) in [5, 5.41) is 5.08. The van der Waals surface area contributed by atoms with Gasteiger partial charge in [0.2, 0.25) is 5.91 Å². The largest absolute Gasteiger partial charge is 0.495 e. The van der Waals surface area contributed by atoms with Crippen LogP contribution in [0.25, 0.3) is 0 Å². The fourth-order valence-electron chi connectivity index (χ4n) is 2.84.